The van der Waals surface area contributed by atoms with Crippen molar-refractivity contribution in [3.8, 4) is 0 Å². The third-order valence-electron chi connectivity index (χ3n) is 4.38. The van der Waals surface area contributed by atoms with Crippen molar-refractivity contribution < 1.29 is 13.2 Å². The predicted octanol–water partition coefficient (Wildman–Crippen LogP) is 2.72. The smallest absolute Gasteiger partial charge is 0.321 e. The van der Waals surface area contributed by atoms with Gasteiger partial charge in [-0.1, -0.05) is 23.8 Å². The number of hydrogen-bond donors (Lipinski definition) is 2. The van der Waals surface area contributed by atoms with Crippen LogP contribution < -0.4 is 14.9 Å². The number of piperazine rings is 1. The summed E-state index contributed by atoms with van der Waals surface area (Å²) >= 11 is 0. The first kappa shape index (κ1) is 19.0. The van der Waals surface area contributed by atoms with Gasteiger partial charge < -0.3 is 15.1 Å². The van der Waals surface area contributed by atoms with Gasteiger partial charge in [0, 0.05) is 37.6 Å². The summed E-state index contributed by atoms with van der Waals surface area (Å²) in [4.78, 5) is 16.5. The number of carbonyl (C=O) groups excluding carboxylic acids is 1. The molecule has 1 aliphatic heterocycles. The highest BCUT2D eigenvalue weighted by molar-refractivity contribution is 7.92. The van der Waals surface area contributed by atoms with Crippen molar-refractivity contribution >= 4 is 33.1 Å². The maximum absolute atomic E-state index is 12.5. The molecule has 1 saturated heterocycles. The molecular formula is C19H24N4O3S. The van der Waals surface area contributed by atoms with Gasteiger partial charge in [0.15, 0.2) is 0 Å². The van der Waals surface area contributed by atoms with E-state index in [1.54, 1.807) is 29.2 Å². The minimum Gasteiger partial charge on any atom is -0.368 e. The average molecular weight is 388 g/mol. The van der Waals surface area contributed by atoms with Crippen molar-refractivity contribution in [1.82, 2.24) is 4.90 Å². The topological polar surface area (TPSA) is 81.8 Å². The summed E-state index contributed by atoms with van der Waals surface area (Å²) in [5.74, 6) is 0. The molecule has 1 fully saturated rings. The normalized spacial score (nSPS) is 14.7. The van der Waals surface area contributed by atoms with Crippen LogP contribution in [0.1, 0.15) is 5.56 Å². The molecule has 3 rings (SSSR count). The van der Waals surface area contributed by atoms with E-state index in [2.05, 4.69) is 46.1 Å². The van der Waals surface area contributed by atoms with Gasteiger partial charge in [-0.3, -0.25) is 4.72 Å². The van der Waals surface area contributed by atoms with Crippen LogP contribution in [-0.2, 0) is 10.0 Å². The highest BCUT2D eigenvalue weighted by Gasteiger charge is 2.21. The zero-order chi connectivity index (χ0) is 19.4. The Kier molecular flexibility index (Phi) is 5.55. The fraction of sp³-hybridized carbons (Fsp3) is 0.316. The quantitative estimate of drug-likeness (QED) is 0.844. The zero-order valence-corrected chi connectivity index (χ0v) is 16.3. The predicted molar refractivity (Wildman–Crippen MR) is 109 cm³/mol. The van der Waals surface area contributed by atoms with Gasteiger partial charge in [-0.05, 0) is 37.3 Å². The summed E-state index contributed by atoms with van der Waals surface area (Å²) in [7, 11) is -3.36. The lowest BCUT2D eigenvalue weighted by Gasteiger charge is -2.36. The van der Waals surface area contributed by atoms with Gasteiger partial charge in [0.05, 0.1) is 11.9 Å². The minimum atomic E-state index is -3.36. The molecule has 0 aliphatic carbocycles. The maximum atomic E-state index is 12.5. The van der Waals surface area contributed by atoms with Gasteiger partial charge in [0.1, 0.15) is 0 Å². The summed E-state index contributed by atoms with van der Waals surface area (Å²) in [5, 5.41) is 2.83. The second-order valence-corrected chi connectivity index (χ2v) is 8.44. The SMILES string of the molecule is Cc1ccc(N2CCN(C(=O)Nc3cccc(NS(C)(=O)=O)c3)CC2)cc1. The fourth-order valence-corrected chi connectivity index (χ4v) is 3.56. The molecule has 0 spiro atoms. The number of hydrogen-bond acceptors (Lipinski definition) is 4. The van der Waals surface area contributed by atoms with Crippen molar-refractivity contribution in [2.75, 3.05) is 47.4 Å². The lowest BCUT2D eigenvalue weighted by atomic mass is 10.2. The van der Waals surface area contributed by atoms with E-state index in [4.69, 9.17) is 0 Å². The number of amides is 2. The second-order valence-electron chi connectivity index (χ2n) is 6.69. The van der Waals surface area contributed by atoms with Crippen LogP contribution in [0.3, 0.4) is 0 Å². The second kappa shape index (κ2) is 7.87. The summed E-state index contributed by atoms with van der Waals surface area (Å²) in [6, 6.07) is 14.9. The highest BCUT2D eigenvalue weighted by atomic mass is 32.2. The minimum absolute atomic E-state index is 0.185. The average Bonchev–Trinajstić information content (AvgIpc) is 2.61. The molecule has 7 nitrogen and oxygen atoms in total. The molecule has 27 heavy (non-hydrogen) atoms. The van der Waals surface area contributed by atoms with Gasteiger partial charge in [-0.25, -0.2) is 13.2 Å². The van der Waals surface area contributed by atoms with Crippen molar-refractivity contribution in [3.05, 3.63) is 54.1 Å². The Labute approximate surface area is 160 Å². The molecule has 2 amide bonds. The van der Waals surface area contributed by atoms with Crippen molar-refractivity contribution in [1.29, 1.82) is 0 Å². The molecule has 0 aromatic heterocycles. The first-order valence-corrected chi connectivity index (χ1v) is 10.6. The largest absolute Gasteiger partial charge is 0.368 e. The van der Waals surface area contributed by atoms with Crippen molar-refractivity contribution in [3.63, 3.8) is 0 Å². The molecule has 0 unspecified atom stereocenters. The lowest BCUT2D eigenvalue weighted by molar-refractivity contribution is 0.208. The molecule has 1 aliphatic rings. The monoisotopic (exact) mass is 388 g/mol. The van der Waals surface area contributed by atoms with Crippen LogP contribution >= 0.6 is 0 Å². The molecule has 2 N–H and O–H groups in total. The van der Waals surface area contributed by atoms with Gasteiger partial charge in [-0.2, -0.15) is 0 Å². The van der Waals surface area contributed by atoms with E-state index in [9.17, 15) is 13.2 Å². The van der Waals surface area contributed by atoms with Crippen LogP contribution in [-0.4, -0.2) is 51.8 Å². The molecule has 0 saturated carbocycles. The first-order valence-electron chi connectivity index (χ1n) is 8.75. The number of carbonyl (C=O) groups is 1. The van der Waals surface area contributed by atoms with Gasteiger partial charge in [0.25, 0.3) is 0 Å². The standard InChI is InChI=1S/C19H24N4O3S/c1-15-6-8-18(9-7-15)22-10-12-23(13-11-22)19(24)20-16-4-3-5-17(14-16)21-27(2,25)26/h3-9,14,21H,10-13H2,1-2H3,(H,20,24). The van der Waals surface area contributed by atoms with E-state index in [1.165, 1.54) is 11.3 Å². The molecule has 8 heteroatoms. The molecule has 0 bridgehead atoms. The Morgan fingerprint density at radius 3 is 2.22 bits per heavy atom. The number of benzene rings is 2. The Bertz CT molecular complexity index is 905. The Hall–Kier alpha value is -2.74. The number of rotatable bonds is 4. The van der Waals surface area contributed by atoms with Crippen LogP contribution in [0, 0.1) is 6.92 Å². The van der Waals surface area contributed by atoms with E-state index in [0.717, 1.165) is 19.3 Å². The van der Waals surface area contributed by atoms with E-state index < -0.39 is 10.0 Å². The number of urea groups is 1. The Morgan fingerprint density at radius 1 is 0.963 bits per heavy atom. The third-order valence-corrected chi connectivity index (χ3v) is 4.99. The summed E-state index contributed by atoms with van der Waals surface area (Å²) in [5.41, 5.74) is 3.36. The van der Waals surface area contributed by atoms with Crippen LogP contribution in [0.15, 0.2) is 48.5 Å². The number of nitrogens with one attached hydrogen (secondary N) is 2. The fourth-order valence-electron chi connectivity index (χ4n) is 3.00. The van der Waals surface area contributed by atoms with E-state index in [-0.39, 0.29) is 6.03 Å². The maximum Gasteiger partial charge on any atom is 0.321 e. The van der Waals surface area contributed by atoms with E-state index in [1.807, 2.05) is 0 Å². The molecule has 0 radical (unpaired) electrons. The molecule has 2 aromatic rings. The summed E-state index contributed by atoms with van der Waals surface area (Å²) < 4.78 is 25.1. The molecule has 1 heterocycles. The van der Waals surface area contributed by atoms with Gasteiger partial charge >= 0.3 is 6.03 Å². The van der Waals surface area contributed by atoms with Crippen molar-refractivity contribution in [2.45, 2.75) is 6.92 Å². The highest BCUT2D eigenvalue weighted by Crippen LogP contribution is 2.19. The Morgan fingerprint density at radius 2 is 1.59 bits per heavy atom. The van der Waals surface area contributed by atoms with Crippen LogP contribution in [0.5, 0.6) is 0 Å². The molecular weight excluding hydrogens is 364 g/mol. The van der Waals surface area contributed by atoms with Crippen LogP contribution in [0.25, 0.3) is 0 Å². The third kappa shape index (κ3) is 5.37. The lowest BCUT2D eigenvalue weighted by Crippen LogP contribution is -2.50. The number of sulfonamides is 1. The van der Waals surface area contributed by atoms with Crippen LogP contribution in [0.2, 0.25) is 0 Å². The molecule has 0 atom stereocenters. The number of nitrogens with zero attached hydrogens (tertiary/aromatic N) is 2. The van der Waals surface area contributed by atoms with Gasteiger partial charge in [0.2, 0.25) is 10.0 Å². The number of aryl methyl sites for hydroxylation is 1. The van der Waals surface area contributed by atoms with E-state index >= 15 is 0 Å². The molecule has 2 aromatic carbocycles. The first-order chi connectivity index (χ1) is 12.8. The number of anilines is 3. The van der Waals surface area contributed by atoms with Gasteiger partial charge in [-0.15, -0.1) is 0 Å². The van der Waals surface area contributed by atoms with E-state index in [0.29, 0.717) is 24.5 Å². The van der Waals surface area contributed by atoms with Crippen LogP contribution in [0.4, 0.5) is 21.9 Å². The summed E-state index contributed by atoms with van der Waals surface area (Å²) in [6.07, 6.45) is 1.09. The zero-order valence-electron chi connectivity index (χ0n) is 15.5. The summed E-state index contributed by atoms with van der Waals surface area (Å²) in [6.45, 7) is 4.85. The van der Waals surface area contributed by atoms with Crippen molar-refractivity contribution in [2.24, 2.45) is 0 Å². The molecule has 144 valence electrons. The Balaban J connectivity index is 1.57.